The van der Waals surface area contributed by atoms with E-state index in [0.29, 0.717) is 5.76 Å². The maximum atomic E-state index is 13.2. The summed E-state index contributed by atoms with van der Waals surface area (Å²) >= 11 is 0. The molecule has 1 amide bonds. The van der Waals surface area contributed by atoms with Crippen LogP contribution >= 0.6 is 0 Å². The van der Waals surface area contributed by atoms with Crippen molar-refractivity contribution in [1.29, 1.82) is 0 Å². The lowest BCUT2D eigenvalue weighted by Gasteiger charge is -2.12. The fraction of sp³-hybridized carbons (Fsp3) is 0.154. The monoisotopic (exact) mass is 248 g/mol. The number of carbonyl (C=O) groups is 1. The van der Waals surface area contributed by atoms with E-state index in [1.807, 2.05) is 0 Å². The van der Waals surface area contributed by atoms with Gasteiger partial charge in [-0.15, -0.1) is 0 Å². The number of halogens is 1. The van der Waals surface area contributed by atoms with Gasteiger partial charge in [0.25, 0.3) is 5.91 Å². The number of hydrogen-bond donors (Lipinski definition) is 2. The van der Waals surface area contributed by atoms with E-state index in [1.54, 1.807) is 19.1 Å². The molecule has 5 heteroatoms. The molecule has 3 N–H and O–H groups in total. The summed E-state index contributed by atoms with van der Waals surface area (Å²) in [6, 6.07) is 7.30. The molecule has 0 fully saturated rings. The third kappa shape index (κ3) is 2.34. The molecule has 1 aromatic carbocycles. The maximum Gasteiger partial charge on any atom is 0.254 e. The molecule has 1 heterocycles. The van der Waals surface area contributed by atoms with E-state index in [4.69, 9.17) is 10.2 Å². The van der Waals surface area contributed by atoms with E-state index < -0.39 is 11.7 Å². The summed E-state index contributed by atoms with van der Waals surface area (Å²) in [7, 11) is 0. The average Bonchev–Trinajstić information content (AvgIpc) is 2.86. The highest BCUT2D eigenvalue weighted by molar-refractivity contribution is 5.99. The van der Waals surface area contributed by atoms with Crippen LogP contribution in [0.3, 0.4) is 0 Å². The van der Waals surface area contributed by atoms with Crippen molar-refractivity contribution in [2.24, 2.45) is 0 Å². The second-order valence-corrected chi connectivity index (χ2v) is 3.91. The summed E-state index contributed by atoms with van der Waals surface area (Å²) in [6.45, 7) is 1.77. The van der Waals surface area contributed by atoms with Crippen LogP contribution in [0.5, 0.6) is 0 Å². The zero-order chi connectivity index (χ0) is 13.1. The van der Waals surface area contributed by atoms with Crippen LogP contribution in [0.15, 0.2) is 41.0 Å². The third-order valence-electron chi connectivity index (χ3n) is 2.62. The highest BCUT2D eigenvalue weighted by Gasteiger charge is 2.16. The Morgan fingerprint density at radius 1 is 1.39 bits per heavy atom. The van der Waals surface area contributed by atoms with Crippen LogP contribution in [0.1, 0.15) is 29.1 Å². The van der Waals surface area contributed by atoms with Crippen LogP contribution < -0.4 is 11.1 Å². The first kappa shape index (κ1) is 12.2. The summed E-state index contributed by atoms with van der Waals surface area (Å²) in [5.41, 5.74) is 5.49. The molecule has 94 valence electrons. The van der Waals surface area contributed by atoms with E-state index in [2.05, 4.69) is 5.32 Å². The van der Waals surface area contributed by atoms with Gasteiger partial charge in [-0.25, -0.2) is 4.39 Å². The van der Waals surface area contributed by atoms with E-state index in [0.717, 1.165) is 0 Å². The molecular weight excluding hydrogens is 235 g/mol. The van der Waals surface area contributed by atoms with Gasteiger partial charge in [0.1, 0.15) is 11.6 Å². The normalized spacial score (nSPS) is 12.1. The average molecular weight is 248 g/mol. The molecule has 2 rings (SSSR count). The smallest absolute Gasteiger partial charge is 0.254 e. The summed E-state index contributed by atoms with van der Waals surface area (Å²) in [5, 5.41) is 2.69. The van der Waals surface area contributed by atoms with Crippen LogP contribution in [-0.4, -0.2) is 5.91 Å². The number of benzene rings is 1. The molecule has 18 heavy (non-hydrogen) atoms. The fourth-order valence-electron chi connectivity index (χ4n) is 1.62. The lowest BCUT2D eigenvalue weighted by Crippen LogP contribution is -2.27. The van der Waals surface area contributed by atoms with E-state index in [9.17, 15) is 9.18 Å². The lowest BCUT2D eigenvalue weighted by molar-refractivity contribution is 0.0936. The first-order valence-electron chi connectivity index (χ1n) is 5.48. The molecule has 0 spiro atoms. The Hall–Kier alpha value is -2.30. The zero-order valence-electron chi connectivity index (χ0n) is 9.81. The predicted octanol–water partition coefficient (Wildman–Crippen LogP) is 2.49. The molecule has 0 bridgehead atoms. The molecular formula is C13H13FN2O2. The zero-order valence-corrected chi connectivity index (χ0v) is 9.81. The predicted molar refractivity (Wildman–Crippen MR) is 65.4 cm³/mol. The molecule has 0 unspecified atom stereocenters. The number of carbonyl (C=O) groups excluding carboxylic acids is 1. The molecule has 1 aromatic heterocycles. The van der Waals surface area contributed by atoms with Crippen molar-refractivity contribution in [1.82, 2.24) is 5.32 Å². The Balaban J connectivity index is 2.15. The molecule has 0 aliphatic heterocycles. The van der Waals surface area contributed by atoms with Crippen molar-refractivity contribution in [3.05, 3.63) is 53.7 Å². The number of nitrogens with one attached hydrogen (secondary N) is 1. The number of nitrogen functional groups attached to an aromatic ring is 1. The molecule has 0 radical (unpaired) electrons. The Morgan fingerprint density at radius 3 is 2.83 bits per heavy atom. The van der Waals surface area contributed by atoms with Gasteiger partial charge in [-0.3, -0.25) is 4.79 Å². The van der Waals surface area contributed by atoms with Crippen molar-refractivity contribution in [3.8, 4) is 0 Å². The maximum absolute atomic E-state index is 13.2. The Bertz CT molecular complexity index is 552. The Kier molecular flexibility index (Phi) is 3.32. The van der Waals surface area contributed by atoms with Gasteiger partial charge in [0.05, 0.1) is 23.6 Å². The molecule has 0 aliphatic carbocycles. The van der Waals surface area contributed by atoms with Gasteiger partial charge in [-0.05, 0) is 31.2 Å². The minimum atomic E-state index is -0.603. The topological polar surface area (TPSA) is 68.3 Å². The van der Waals surface area contributed by atoms with Crippen molar-refractivity contribution in [2.75, 3.05) is 5.73 Å². The van der Waals surface area contributed by atoms with Crippen molar-refractivity contribution < 1.29 is 13.6 Å². The van der Waals surface area contributed by atoms with Crippen LogP contribution in [0.2, 0.25) is 0 Å². The summed E-state index contributed by atoms with van der Waals surface area (Å²) in [4.78, 5) is 11.9. The van der Waals surface area contributed by atoms with E-state index >= 15 is 0 Å². The largest absolute Gasteiger partial charge is 0.467 e. The number of furan rings is 1. The number of para-hydroxylation sites is 1. The molecule has 2 aromatic rings. The Labute approximate surface area is 104 Å². The van der Waals surface area contributed by atoms with Gasteiger partial charge < -0.3 is 15.5 Å². The van der Waals surface area contributed by atoms with Gasteiger partial charge in [-0.2, -0.15) is 0 Å². The number of hydrogen-bond acceptors (Lipinski definition) is 3. The number of amides is 1. The third-order valence-corrected chi connectivity index (χ3v) is 2.62. The molecule has 0 aliphatic rings. The molecule has 4 nitrogen and oxygen atoms in total. The minimum absolute atomic E-state index is 0.119. The van der Waals surface area contributed by atoms with Gasteiger partial charge in [0, 0.05) is 0 Å². The van der Waals surface area contributed by atoms with E-state index in [-0.39, 0.29) is 17.3 Å². The molecule has 1 atom stereocenters. The minimum Gasteiger partial charge on any atom is -0.467 e. The van der Waals surface area contributed by atoms with Crippen LogP contribution in [0, 0.1) is 5.82 Å². The second kappa shape index (κ2) is 4.91. The van der Waals surface area contributed by atoms with Gasteiger partial charge in [0.2, 0.25) is 0 Å². The first-order valence-corrected chi connectivity index (χ1v) is 5.48. The Morgan fingerprint density at radius 2 is 2.17 bits per heavy atom. The number of anilines is 1. The quantitative estimate of drug-likeness (QED) is 0.820. The number of nitrogens with two attached hydrogens (primary N) is 1. The molecule has 0 saturated carbocycles. The van der Waals surface area contributed by atoms with E-state index in [1.165, 1.54) is 24.5 Å². The van der Waals surface area contributed by atoms with Crippen molar-refractivity contribution in [2.45, 2.75) is 13.0 Å². The fourth-order valence-corrected chi connectivity index (χ4v) is 1.62. The summed E-state index contributed by atoms with van der Waals surface area (Å²) in [6.07, 6.45) is 1.52. The highest BCUT2D eigenvalue weighted by atomic mass is 19.1. The van der Waals surface area contributed by atoms with Crippen LogP contribution in [0.25, 0.3) is 0 Å². The SMILES string of the molecule is C[C@@H](NC(=O)c1cccc(F)c1N)c1ccco1. The second-order valence-electron chi connectivity index (χ2n) is 3.91. The summed E-state index contributed by atoms with van der Waals surface area (Å²) in [5.74, 6) is -0.414. The van der Waals surface area contributed by atoms with Crippen molar-refractivity contribution in [3.63, 3.8) is 0 Å². The van der Waals surface area contributed by atoms with Gasteiger partial charge in [0.15, 0.2) is 0 Å². The van der Waals surface area contributed by atoms with Gasteiger partial charge >= 0.3 is 0 Å². The summed E-state index contributed by atoms with van der Waals surface area (Å²) < 4.78 is 18.4. The van der Waals surface area contributed by atoms with Crippen LogP contribution in [-0.2, 0) is 0 Å². The van der Waals surface area contributed by atoms with Crippen molar-refractivity contribution >= 4 is 11.6 Å². The highest BCUT2D eigenvalue weighted by Crippen LogP contribution is 2.18. The standard InChI is InChI=1S/C13H13FN2O2/c1-8(11-6-3-7-18-11)16-13(17)9-4-2-5-10(14)12(9)15/h2-8H,15H2,1H3,(H,16,17)/t8-/m1/s1. The molecule has 0 saturated heterocycles. The first-order chi connectivity index (χ1) is 8.59. The van der Waals surface area contributed by atoms with Crippen LogP contribution in [0.4, 0.5) is 10.1 Å². The van der Waals surface area contributed by atoms with Gasteiger partial charge in [-0.1, -0.05) is 6.07 Å². The lowest BCUT2D eigenvalue weighted by atomic mass is 10.1. The number of rotatable bonds is 3.